The molecule has 3 aromatic rings. The van der Waals surface area contributed by atoms with Crippen LogP contribution in [0.1, 0.15) is 5.82 Å². The maximum Gasteiger partial charge on any atom is 0.573 e. The van der Waals surface area contributed by atoms with Crippen LogP contribution in [0.4, 0.5) is 24.8 Å². The van der Waals surface area contributed by atoms with Gasteiger partial charge in [-0.1, -0.05) is 0 Å². The third-order valence-corrected chi connectivity index (χ3v) is 3.46. The van der Waals surface area contributed by atoms with Gasteiger partial charge in [-0.3, -0.25) is 0 Å². The summed E-state index contributed by atoms with van der Waals surface area (Å²) >= 11 is 0. The SMILES string of the molecule is C#Cc1nc(Nc2ccc(OC(F)(F)F)cc2)nc(-c2ccc(OC)cc2)n1. The van der Waals surface area contributed by atoms with Crippen molar-refractivity contribution in [2.45, 2.75) is 6.36 Å². The Balaban J connectivity index is 1.84. The van der Waals surface area contributed by atoms with Crippen molar-refractivity contribution in [3.8, 4) is 35.2 Å². The molecule has 0 unspecified atom stereocenters. The van der Waals surface area contributed by atoms with Crippen LogP contribution in [0.15, 0.2) is 48.5 Å². The summed E-state index contributed by atoms with van der Waals surface area (Å²) in [5, 5.41) is 2.88. The van der Waals surface area contributed by atoms with E-state index < -0.39 is 6.36 Å². The molecule has 0 aliphatic heterocycles. The minimum absolute atomic E-state index is 0.111. The molecule has 6 nitrogen and oxygen atoms in total. The van der Waals surface area contributed by atoms with E-state index in [1.54, 1.807) is 31.4 Å². The number of alkyl halides is 3. The summed E-state index contributed by atoms with van der Waals surface area (Å²) in [4.78, 5) is 12.6. The zero-order chi connectivity index (χ0) is 20.1. The molecule has 0 fully saturated rings. The van der Waals surface area contributed by atoms with E-state index in [1.807, 2.05) is 0 Å². The molecule has 142 valence electrons. The molecule has 1 heterocycles. The number of halogens is 3. The fourth-order valence-corrected chi connectivity index (χ4v) is 2.23. The molecule has 0 bridgehead atoms. The lowest BCUT2D eigenvalue weighted by Crippen LogP contribution is -2.17. The number of benzene rings is 2. The standard InChI is InChI=1S/C19H13F3N4O2/c1-3-16-24-17(12-4-8-14(27-2)9-5-12)26-18(25-16)23-13-6-10-15(11-7-13)28-19(20,21)22/h1,4-11H,2H3,(H,23,24,25,26). The summed E-state index contributed by atoms with van der Waals surface area (Å²) < 4.78 is 45.6. The van der Waals surface area contributed by atoms with E-state index in [0.717, 1.165) is 0 Å². The number of hydrogen-bond acceptors (Lipinski definition) is 6. The van der Waals surface area contributed by atoms with Gasteiger partial charge in [-0.15, -0.1) is 19.6 Å². The van der Waals surface area contributed by atoms with Crippen LogP contribution in [0.25, 0.3) is 11.4 Å². The molecule has 28 heavy (non-hydrogen) atoms. The van der Waals surface area contributed by atoms with Crippen LogP contribution >= 0.6 is 0 Å². The van der Waals surface area contributed by atoms with Gasteiger partial charge in [-0.25, -0.2) is 4.98 Å². The van der Waals surface area contributed by atoms with Crippen molar-refractivity contribution in [3.63, 3.8) is 0 Å². The number of ether oxygens (including phenoxy) is 2. The first kappa shape index (κ1) is 19.0. The summed E-state index contributed by atoms with van der Waals surface area (Å²) in [6.45, 7) is 0. The number of rotatable bonds is 5. The zero-order valence-corrected chi connectivity index (χ0v) is 14.5. The summed E-state index contributed by atoms with van der Waals surface area (Å²) in [7, 11) is 1.56. The minimum atomic E-state index is -4.75. The van der Waals surface area contributed by atoms with E-state index in [-0.39, 0.29) is 17.5 Å². The molecule has 9 heteroatoms. The molecule has 0 radical (unpaired) electrons. The summed E-state index contributed by atoms with van der Waals surface area (Å²) in [5.41, 5.74) is 1.14. The Morgan fingerprint density at radius 1 is 0.929 bits per heavy atom. The highest BCUT2D eigenvalue weighted by Crippen LogP contribution is 2.25. The monoisotopic (exact) mass is 386 g/mol. The number of hydrogen-bond donors (Lipinski definition) is 1. The predicted molar refractivity (Wildman–Crippen MR) is 96.2 cm³/mol. The van der Waals surface area contributed by atoms with Gasteiger partial charge in [0.2, 0.25) is 11.8 Å². The third kappa shape index (κ3) is 4.88. The van der Waals surface area contributed by atoms with Crippen LogP contribution in [0.2, 0.25) is 0 Å². The van der Waals surface area contributed by atoms with Crippen LogP contribution in [-0.2, 0) is 0 Å². The van der Waals surface area contributed by atoms with Crippen molar-refractivity contribution in [1.82, 2.24) is 15.0 Å². The van der Waals surface area contributed by atoms with E-state index in [4.69, 9.17) is 11.2 Å². The first-order valence-corrected chi connectivity index (χ1v) is 7.86. The van der Waals surface area contributed by atoms with Gasteiger partial charge in [-0.2, -0.15) is 9.97 Å². The smallest absolute Gasteiger partial charge is 0.497 e. The Morgan fingerprint density at radius 3 is 2.14 bits per heavy atom. The largest absolute Gasteiger partial charge is 0.573 e. The van der Waals surface area contributed by atoms with Crippen LogP contribution in [0.5, 0.6) is 11.5 Å². The van der Waals surface area contributed by atoms with Gasteiger partial charge in [0.25, 0.3) is 0 Å². The molecule has 0 saturated carbocycles. The first-order valence-electron chi connectivity index (χ1n) is 7.86. The van der Waals surface area contributed by atoms with Crippen molar-refractivity contribution >= 4 is 11.6 Å². The fraction of sp³-hybridized carbons (Fsp3) is 0.105. The third-order valence-electron chi connectivity index (χ3n) is 3.46. The van der Waals surface area contributed by atoms with Gasteiger partial charge in [-0.05, 0) is 54.5 Å². The molecule has 0 spiro atoms. The molecule has 1 N–H and O–H groups in total. The second-order valence-corrected chi connectivity index (χ2v) is 5.38. The van der Waals surface area contributed by atoms with Crippen LogP contribution in [0.3, 0.4) is 0 Å². The van der Waals surface area contributed by atoms with E-state index in [1.165, 1.54) is 24.3 Å². The lowest BCUT2D eigenvalue weighted by Gasteiger charge is -2.10. The number of nitrogens with zero attached hydrogens (tertiary/aromatic N) is 3. The highest BCUT2D eigenvalue weighted by molar-refractivity contribution is 5.61. The Bertz CT molecular complexity index is 998. The van der Waals surface area contributed by atoms with Crippen LogP contribution in [0, 0.1) is 12.3 Å². The van der Waals surface area contributed by atoms with Gasteiger partial charge in [0.15, 0.2) is 5.82 Å². The van der Waals surface area contributed by atoms with E-state index in [9.17, 15) is 13.2 Å². The van der Waals surface area contributed by atoms with Crippen LogP contribution in [-0.4, -0.2) is 28.4 Å². The molecule has 0 saturated heterocycles. The molecule has 0 atom stereocenters. The lowest BCUT2D eigenvalue weighted by molar-refractivity contribution is -0.274. The van der Waals surface area contributed by atoms with E-state index in [0.29, 0.717) is 22.8 Å². The summed E-state index contributed by atoms with van der Waals surface area (Å²) in [6.07, 6.45) is 0.658. The van der Waals surface area contributed by atoms with Gasteiger partial charge >= 0.3 is 6.36 Å². The molecule has 2 aromatic carbocycles. The highest BCUT2D eigenvalue weighted by atomic mass is 19.4. The molecular weight excluding hydrogens is 373 g/mol. The Labute approximate surface area is 158 Å². The van der Waals surface area contributed by atoms with Gasteiger partial charge < -0.3 is 14.8 Å². The molecular formula is C19H13F3N4O2. The Hall–Kier alpha value is -3.80. The minimum Gasteiger partial charge on any atom is -0.497 e. The summed E-state index contributed by atoms with van der Waals surface area (Å²) in [5.74, 6) is 3.29. The van der Waals surface area contributed by atoms with E-state index in [2.05, 4.69) is 30.9 Å². The van der Waals surface area contributed by atoms with Gasteiger partial charge in [0.05, 0.1) is 7.11 Å². The van der Waals surface area contributed by atoms with Crippen molar-refractivity contribution in [1.29, 1.82) is 0 Å². The second-order valence-electron chi connectivity index (χ2n) is 5.38. The molecule has 0 aliphatic rings. The lowest BCUT2D eigenvalue weighted by atomic mass is 10.2. The number of nitrogens with one attached hydrogen (secondary N) is 1. The quantitative estimate of drug-likeness (QED) is 0.664. The number of methoxy groups -OCH3 is 1. The van der Waals surface area contributed by atoms with Crippen molar-refractivity contribution in [3.05, 3.63) is 54.4 Å². The molecule has 3 rings (SSSR count). The predicted octanol–water partition coefficient (Wildman–Crippen LogP) is 4.17. The summed E-state index contributed by atoms with van der Waals surface area (Å²) in [6, 6.07) is 12.2. The highest BCUT2D eigenvalue weighted by Gasteiger charge is 2.30. The second kappa shape index (κ2) is 7.84. The maximum absolute atomic E-state index is 12.2. The number of terminal acetylenes is 1. The van der Waals surface area contributed by atoms with Crippen LogP contribution < -0.4 is 14.8 Å². The van der Waals surface area contributed by atoms with E-state index >= 15 is 0 Å². The topological polar surface area (TPSA) is 69.2 Å². The Morgan fingerprint density at radius 2 is 1.57 bits per heavy atom. The average Bonchev–Trinajstić information content (AvgIpc) is 2.68. The average molecular weight is 386 g/mol. The Kier molecular flexibility index (Phi) is 5.31. The van der Waals surface area contributed by atoms with Gasteiger partial charge in [0, 0.05) is 11.3 Å². The van der Waals surface area contributed by atoms with Crippen molar-refractivity contribution in [2.24, 2.45) is 0 Å². The molecule has 0 aliphatic carbocycles. The van der Waals surface area contributed by atoms with Crippen molar-refractivity contribution in [2.75, 3.05) is 12.4 Å². The first-order chi connectivity index (χ1) is 13.4. The zero-order valence-electron chi connectivity index (χ0n) is 14.5. The fourth-order valence-electron chi connectivity index (χ4n) is 2.23. The molecule has 1 aromatic heterocycles. The maximum atomic E-state index is 12.2. The number of anilines is 2. The number of aromatic nitrogens is 3. The molecule has 0 amide bonds. The van der Waals surface area contributed by atoms with Crippen molar-refractivity contribution < 1.29 is 22.6 Å². The van der Waals surface area contributed by atoms with Gasteiger partial charge in [0.1, 0.15) is 11.5 Å². The normalized spacial score (nSPS) is 10.8.